The molecule has 0 aliphatic heterocycles. The van der Waals surface area contributed by atoms with E-state index in [0.29, 0.717) is 4.47 Å². The van der Waals surface area contributed by atoms with Crippen molar-refractivity contribution in [1.82, 2.24) is 4.98 Å². The van der Waals surface area contributed by atoms with E-state index in [4.69, 9.17) is 33.7 Å². The summed E-state index contributed by atoms with van der Waals surface area (Å²) in [6, 6.07) is 5.42. The Morgan fingerprint density at radius 2 is 1.94 bits per heavy atom. The second-order valence-electron chi connectivity index (χ2n) is 3.32. The molecule has 0 fully saturated rings. The number of nitrogens with zero attached hydrogens (tertiary/aromatic N) is 1. The molecule has 0 amide bonds. The number of ether oxygens (including phenoxy) is 1. The van der Waals surface area contributed by atoms with E-state index in [9.17, 15) is 4.39 Å². The van der Waals surface area contributed by atoms with Crippen LogP contribution in [-0.2, 0) is 0 Å². The SMILES string of the molecule is Nc1nc(Oc2cc(F)ccc2Br)c(Cl)cc1Cl. The monoisotopic (exact) mass is 350 g/mol. The van der Waals surface area contributed by atoms with Crippen molar-refractivity contribution in [3.63, 3.8) is 0 Å². The summed E-state index contributed by atoms with van der Waals surface area (Å²) in [5, 5.41) is 0.413. The van der Waals surface area contributed by atoms with Gasteiger partial charge in [-0.3, -0.25) is 0 Å². The van der Waals surface area contributed by atoms with Crippen LogP contribution >= 0.6 is 39.1 Å². The highest BCUT2D eigenvalue weighted by molar-refractivity contribution is 9.10. The van der Waals surface area contributed by atoms with Gasteiger partial charge in [-0.05, 0) is 34.1 Å². The first-order valence-corrected chi connectivity index (χ1v) is 6.26. The lowest BCUT2D eigenvalue weighted by Crippen LogP contribution is -1.96. The van der Waals surface area contributed by atoms with Crippen molar-refractivity contribution in [2.24, 2.45) is 0 Å². The van der Waals surface area contributed by atoms with Crippen LogP contribution in [0.2, 0.25) is 10.0 Å². The highest BCUT2D eigenvalue weighted by Crippen LogP contribution is 2.35. The zero-order chi connectivity index (χ0) is 13.3. The number of halogens is 4. The van der Waals surface area contributed by atoms with Gasteiger partial charge < -0.3 is 10.5 Å². The van der Waals surface area contributed by atoms with Crippen LogP contribution in [0.3, 0.4) is 0 Å². The molecule has 0 aliphatic carbocycles. The first-order valence-electron chi connectivity index (χ1n) is 4.72. The minimum atomic E-state index is -0.439. The molecular weight excluding hydrogens is 346 g/mol. The molecule has 18 heavy (non-hydrogen) atoms. The summed E-state index contributed by atoms with van der Waals surface area (Å²) < 4.78 is 19.0. The molecule has 2 N–H and O–H groups in total. The number of benzene rings is 1. The molecule has 1 heterocycles. The Morgan fingerprint density at radius 3 is 2.67 bits per heavy atom. The molecule has 2 rings (SSSR count). The summed E-state index contributed by atoms with van der Waals surface area (Å²) in [5.41, 5.74) is 5.54. The molecule has 2 aromatic rings. The topological polar surface area (TPSA) is 48.1 Å². The predicted octanol–water partition coefficient (Wildman–Crippen LogP) is 4.66. The van der Waals surface area contributed by atoms with E-state index in [1.54, 1.807) is 0 Å². The third-order valence-corrected chi connectivity index (χ3v) is 3.25. The molecule has 1 aromatic carbocycles. The fourth-order valence-electron chi connectivity index (χ4n) is 1.19. The lowest BCUT2D eigenvalue weighted by Gasteiger charge is -2.09. The fraction of sp³-hybridized carbons (Fsp3) is 0. The van der Waals surface area contributed by atoms with Gasteiger partial charge in [-0.1, -0.05) is 23.2 Å². The lowest BCUT2D eigenvalue weighted by atomic mass is 10.3. The minimum absolute atomic E-state index is 0.0601. The van der Waals surface area contributed by atoms with Crippen LogP contribution in [-0.4, -0.2) is 4.98 Å². The second-order valence-corrected chi connectivity index (χ2v) is 4.99. The molecule has 94 valence electrons. The normalized spacial score (nSPS) is 10.4. The second kappa shape index (κ2) is 5.30. The number of pyridine rings is 1. The number of anilines is 1. The van der Waals surface area contributed by atoms with Gasteiger partial charge >= 0.3 is 0 Å². The van der Waals surface area contributed by atoms with E-state index in [-0.39, 0.29) is 27.5 Å². The van der Waals surface area contributed by atoms with Crippen LogP contribution < -0.4 is 10.5 Å². The smallest absolute Gasteiger partial charge is 0.240 e. The van der Waals surface area contributed by atoms with Crippen LogP contribution in [0.15, 0.2) is 28.7 Å². The van der Waals surface area contributed by atoms with Gasteiger partial charge in [0.15, 0.2) is 0 Å². The Bertz CT molecular complexity index is 610. The van der Waals surface area contributed by atoms with Gasteiger partial charge in [-0.2, -0.15) is 4.98 Å². The maximum absolute atomic E-state index is 13.1. The van der Waals surface area contributed by atoms with Crippen LogP contribution in [0.5, 0.6) is 11.6 Å². The van der Waals surface area contributed by atoms with E-state index < -0.39 is 5.82 Å². The predicted molar refractivity (Wildman–Crippen MR) is 72.8 cm³/mol. The van der Waals surface area contributed by atoms with E-state index in [2.05, 4.69) is 20.9 Å². The van der Waals surface area contributed by atoms with Gasteiger partial charge in [0.2, 0.25) is 5.88 Å². The summed E-state index contributed by atoms with van der Waals surface area (Å²) in [6.45, 7) is 0. The maximum Gasteiger partial charge on any atom is 0.240 e. The molecule has 1 aromatic heterocycles. The Morgan fingerprint density at radius 1 is 1.22 bits per heavy atom. The first-order chi connectivity index (χ1) is 8.47. The average molecular weight is 352 g/mol. The zero-order valence-electron chi connectivity index (χ0n) is 8.75. The first kappa shape index (κ1) is 13.4. The van der Waals surface area contributed by atoms with E-state index >= 15 is 0 Å². The van der Waals surface area contributed by atoms with Gasteiger partial charge in [0.1, 0.15) is 22.4 Å². The lowest BCUT2D eigenvalue weighted by molar-refractivity contribution is 0.456. The van der Waals surface area contributed by atoms with E-state index in [1.807, 2.05) is 0 Å². The standard InChI is InChI=1S/C11H6BrCl2FN2O/c12-6-2-1-5(15)3-9(6)18-11-8(14)4-7(13)10(16)17-11/h1-4H,(H2,16,17). The average Bonchev–Trinajstić information content (AvgIpc) is 2.30. The van der Waals surface area contributed by atoms with Gasteiger partial charge in [0.05, 0.1) is 9.50 Å². The molecule has 0 saturated heterocycles. The number of nitrogen functional groups attached to an aromatic ring is 1. The molecule has 0 saturated carbocycles. The molecule has 0 aliphatic rings. The Labute approximate surface area is 121 Å². The summed E-state index contributed by atoms with van der Waals surface area (Å²) in [7, 11) is 0. The zero-order valence-corrected chi connectivity index (χ0v) is 11.9. The summed E-state index contributed by atoms with van der Waals surface area (Å²) >= 11 is 14.9. The Kier molecular flexibility index (Phi) is 3.94. The molecular formula is C11H6BrCl2FN2O. The third kappa shape index (κ3) is 2.85. The number of hydrogen-bond acceptors (Lipinski definition) is 3. The van der Waals surface area contributed by atoms with Crippen molar-refractivity contribution in [2.75, 3.05) is 5.73 Å². The van der Waals surface area contributed by atoms with Crippen molar-refractivity contribution in [2.45, 2.75) is 0 Å². The van der Waals surface area contributed by atoms with Crippen molar-refractivity contribution >= 4 is 44.9 Å². The third-order valence-electron chi connectivity index (χ3n) is 2.02. The summed E-state index contributed by atoms with van der Waals surface area (Å²) in [4.78, 5) is 3.89. The van der Waals surface area contributed by atoms with Gasteiger partial charge in [0, 0.05) is 6.07 Å². The molecule has 0 unspecified atom stereocenters. The van der Waals surface area contributed by atoms with Gasteiger partial charge in [-0.15, -0.1) is 0 Å². The molecule has 3 nitrogen and oxygen atoms in total. The highest BCUT2D eigenvalue weighted by atomic mass is 79.9. The summed E-state index contributed by atoms with van der Waals surface area (Å²) in [6.07, 6.45) is 0. The molecule has 0 bridgehead atoms. The van der Waals surface area contributed by atoms with Crippen LogP contribution in [0.25, 0.3) is 0 Å². The maximum atomic E-state index is 13.1. The number of aromatic nitrogens is 1. The Hall–Kier alpha value is -1.04. The van der Waals surface area contributed by atoms with Crippen LogP contribution in [0.1, 0.15) is 0 Å². The highest BCUT2D eigenvalue weighted by Gasteiger charge is 2.11. The minimum Gasteiger partial charge on any atom is -0.436 e. The number of rotatable bonds is 2. The molecule has 7 heteroatoms. The Balaban J connectivity index is 2.40. The number of nitrogens with two attached hydrogens (primary N) is 1. The van der Waals surface area contributed by atoms with E-state index in [0.717, 1.165) is 0 Å². The van der Waals surface area contributed by atoms with Crippen molar-refractivity contribution in [1.29, 1.82) is 0 Å². The molecule has 0 radical (unpaired) electrons. The van der Waals surface area contributed by atoms with Crippen LogP contribution in [0, 0.1) is 5.82 Å². The van der Waals surface area contributed by atoms with E-state index in [1.165, 1.54) is 24.3 Å². The van der Waals surface area contributed by atoms with Crippen molar-refractivity contribution in [3.8, 4) is 11.6 Å². The molecule has 0 atom stereocenters. The number of hydrogen-bond donors (Lipinski definition) is 1. The fourth-order valence-corrected chi connectivity index (χ4v) is 1.92. The largest absolute Gasteiger partial charge is 0.436 e. The molecule has 0 spiro atoms. The summed E-state index contributed by atoms with van der Waals surface area (Å²) in [5.74, 6) is -0.0501. The van der Waals surface area contributed by atoms with Crippen LogP contribution in [0.4, 0.5) is 10.2 Å². The van der Waals surface area contributed by atoms with Gasteiger partial charge in [0.25, 0.3) is 0 Å². The quantitative estimate of drug-likeness (QED) is 0.855. The van der Waals surface area contributed by atoms with Crippen molar-refractivity contribution in [3.05, 3.63) is 44.6 Å². The van der Waals surface area contributed by atoms with Crippen molar-refractivity contribution < 1.29 is 9.13 Å². The van der Waals surface area contributed by atoms with Gasteiger partial charge in [-0.25, -0.2) is 4.39 Å².